The van der Waals surface area contributed by atoms with E-state index in [2.05, 4.69) is 0 Å². The zero-order valence-corrected chi connectivity index (χ0v) is 11.6. The SMILES string of the molecule is O=[S](=O)([BiH2])OC1CCCCC1. The Hall–Kier alpha value is 0.793. The number of rotatable bonds is 2. The fourth-order valence-electron chi connectivity index (χ4n) is 1.35. The Morgan fingerprint density at radius 1 is 1.18 bits per heavy atom. The van der Waals surface area contributed by atoms with Crippen LogP contribution in [0, 0.1) is 0 Å². The second-order valence-electron chi connectivity index (χ2n) is 2.85. The molecule has 0 spiro atoms. The summed E-state index contributed by atoms with van der Waals surface area (Å²) in [5, 5.41) is 0. The molecule has 1 saturated carbocycles. The van der Waals surface area contributed by atoms with Gasteiger partial charge in [-0.05, 0) is 0 Å². The van der Waals surface area contributed by atoms with Gasteiger partial charge >= 0.3 is 80.9 Å². The third-order valence-electron chi connectivity index (χ3n) is 1.82. The third kappa shape index (κ3) is 4.39. The first-order valence-corrected chi connectivity index (χ1v) is 10.8. The van der Waals surface area contributed by atoms with Gasteiger partial charge < -0.3 is 0 Å². The Morgan fingerprint density at radius 3 is 2.18 bits per heavy atom. The molecule has 1 aliphatic carbocycles. The van der Waals surface area contributed by atoms with Crippen LogP contribution in [-0.2, 0) is 11.1 Å². The Labute approximate surface area is 80.7 Å². The molecule has 1 fully saturated rings. The molecule has 0 saturated heterocycles. The maximum atomic E-state index is 10.8. The molecular weight excluding hydrogens is 361 g/mol. The van der Waals surface area contributed by atoms with Crippen molar-refractivity contribution in [2.75, 3.05) is 0 Å². The van der Waals surface area contributed by atoms with Gasteiger partial charge in [0, 0.05) is 0 Å². The monoisotopic (exact) mass is 374 g/mol. The third-order valence-corrected chi connectivity index (χ3v) is 3.66. The van der Waals surface area contributed by atoms with Gasteiger partial charge in [-0.25, -0.2) is 0 Å². The van der Waals surface area contributed by atoms with Crippen molar-refractivity contribution >= 4 is 30.1 Å². The van der Waals surface area contributed by atoms with Crippen LogP contribution in [-0.4, -0.2) is 37.8 Å². The molecular formula is C6H13BiO3S. The van der Waals surface area contributed by atoms with Crippen LogP contribution < -0.4 is 0 Å². The normalized spacial score (nSPS) is 21.9. The molecule has 0 aromatic heterocycles. The Morgan fingerprint density at radius 2 is 1.73 bits per heavy atom. The molecule has 0 radical (unpaired) electrons. The average Bonchev–Trinajstić information content (AvgIpc) is 1.85. The van der Waals surface area contributed by atoms with E-state index in [1.165, 1.54) is 6.42 Å². The molecule has 0 heterocycles. The molecule has 0 atom stereocenters. The summed E-state index contributed by atoms with van der Waals surface area (Å²) < 4.78 is 26.4. The van der Waals surface area contributed by atoms with E-state index in [1.807, 2.05) is 0 Å². The predicted octanol–water partition coefficient (Wildman–Crippen LogP) is 0.214. The van der Waals surface area contributed by atoms with Crippen molar-refractivity contribution in [3.8, 4) is 0 Å². The summed E-state index contributed by atoms with van der Waals surface area (Å²) in [6.07, 6.45) is 5.30. The van der Waals surface area contributed by atoms with E-state index in [0.717, 1.165) is 25.7 Å². The molecule has 66 valence electrons. The minimum absolute atomic E-state index is 0.00116. The summed E-state index contributed by atoms with van der Waals surface area (Å²) in [6.45, 7) is -3.06. The molecule has 0 aliphatic heterocycles. The van der Waals surface area contributed by atoms with Crippen LogP contribution in [0.15, 0.2) is 0 Å². The first-order valence-electron chi connectivity index (χ1n) is 3.79. The van der Waals surface area contributed by atoms with E-state index in [9.17, 15) is 8.42 Å². The van der Waals surface area contributed by atoms with Crippen LogP contribution in [0.25, 0.3) is 0 Å². The molecule has 0 N–H and O–H groups in total. The van der Waals surface area contributed by atoms with E-state index in [-0.39, 0.29) is 29.4 Å². The van der Waals surface area contributed by atoms with Gasteiger partial charge in [-0.3, -0.25) is 0 Å². The summed E-state index contributed by atoms with van der Waals surface area (Å²) in [5.74, 6) is 0. The van der Waals surface area contributed by atoms with Crippen molar-refractivity contribution in [3.05, 3.63) is 0 Å². The second kappa shape index (κ2) is 4.15. The Balaban J connectivity index is 2.36. The molecule has 1 rings (SSSR count). The second-order valence-corrected chi connectivity index (χ2v) is 10.8. The van der Waals surface area contributed by atoms with Gasteiger partial charge in [0.15, 0.2) is 0 Å². The molecule has 11 heavy (non-hydrogen) atoms. The fraction of sp³-hybridized carbons (Fsp3) is 1.00. The molecule has 0 aromatic rings. The Kier molecular flexibility index (Phi) is 3.73. The molecule has 0 aromatic carbocycles. The Bertz CT molecular complexity index is 206. The maximum absolute atomic E-state index is 10.8. The molecule has 5 heteroatoms. The van der Waals surface area contributed by atoms with Gasteiger partial charge in [0.05, 0.1) is 0 Å². The zero-order valence-electron chi connectivity index (χ0n) is 6.32. The van der Waals surface area contributed by atoms with Gasteiger partial charge in [-0.1, -0.05) is 0 Å². The average molecular weight is 374 g/mol. The van der Waals surface area contributed by atoms with E-state index in [4.69, 9.17) is 4.18 Å². The molecule has 0 bridgehead atoms. The minimum atomic E-state index is -3.06. The van der Waals surface area contributed by atoms with Crippen molar-refractivity contribution in [1.82, 2.24) is 0 Å². The predicted molar refractivity (Wildman–Crippen MR) is 45.4 cm³/mol. The summed E-state index contributed by atoms with van der Waals surface area (Å²) in [4.78, 5) is 0. The van der Waals surface area contributed by atoms with Gasteiger partial charge in [-0.2, -0.15) is 0 Å². The van der Waals surface area contributed by atoms with Gasteiger partial charge in [0.2, 0.25) is 0 Å². The van der Waals surface area contributed by atoms with Crippen LogP contribution in [0.2, 0.25) is 0 Å². The first-order chi connectivity index (χ1) is 5.08. The van der Waals surface area contributed by atoms with E-state index in [0.29, 0.717) is 0 Å². The van der Waals surface area contributed by atoms with Crippen molar-refractivity contribution in [1.29, 1.82) is 0 Å². The van der Waals surface area contributed by atoms with Gasteiger partial charge in [0.25, 0.3) is 0 Å². The van der Waals surface area contributed by atoms with E-state index in [1.54, 1.807) is 0 Å². The zero-order chi connectivity index (χ0) is 8.32. The fourth-order valence-corrected chi connectivity index (χ4v) is 3.76. The summed E-state index contributed by atoms with van der Waals surface area (Å²) in [5.41, 5.74) is 0. The molecule has 0 amide bonds. The standard InChI is InChI=1S/C6H11O3S.Bi.2H/c7-10(8)9-6-4-2-1-3-5-6;;;/h6H,1-5H2;;;. The topological polar surface area (TPSA) is 43.4 Å². The summed E-state index contributed by atoms with van der Waals surface area (Å²) in [7, 11) is 0. The van der Waals surface area contributed by atoms with Gasteiger partial charge in [-0.15, -0.1) is 0 Å². The quantitative estimate of drug-likeness (QED) is 0.650. The molecule has 3 nitrogen and oxygen atoms in total. The number of hydrogen-bond donors (Lipinski definition) is 0. The van der Waals surface area contributed by atoms with Crippen molar-refractivity contribution in [3.63, 3.8) is 0 Å². The van der Waals surface area contributed by atoms with Crippen molar-refractivity contribution < 1.29 is 12.6 Å². The first kappa shape index (κ1) is 9.88. The van der Waals surface area contributed by atoms with Crippen molar-refractivity contribution in [2.24, 2.45) is 0 Å². The molecule has 0 unspecified atom stereocenters. The van der Waals surface area contributed by atoms with E-state index < -0.39 is 6.87 Å². The van der Waals surface area contributed by atoms with Crippen LogP contribution in [0.3, 0.4) is 0 Å². The van der Waals surface area contributed by atoms with Crippen LogP contribution >= 0.6 is 0 Å². The number of hydrogen-bond acceptors (Lipinski definition) is 3. The van der Waals surface area contributed by atoms with Crippen LogP contribution in [0.4, 0.5) is 0 Å². The van der Waals surface area contributed by atoms with E-state index >= 15 is 0 Å². The summed E-state index contributed by atoms with van der Waals surface area (Å²) >= 11 is -0.0885. The van der Waals surface area contributed by atoms with Crippen LogP contribution in [0.1, 0.15) is 32.1 Å². The molecule has 1 aliphatic rings. The van der Waals surface area contributed by atoms with Gasteiger partial charge in [0.1, 0.15) is 0 Å². The van der Waals surface area contributed by atoms with Crippen molar-refractivity contribution in [2.45, 2.75) is 38.2 Å². The van der Waals surface area contributed by atoms with Crippen LogP contribution in [0.5, 0.6) is 0 Å². The summed E-state index contributed by atoms with van der Waals surface area (Å²) in [6, 6.07) is 0.